The lowest BCUT2D eigenvalue weighted by Gasteiger charge is -2.11. The summed E-state index contributed by atoms with van der Waals surface area (Å²) in [7, 11) is 2.18. The number of nitrogens with zero attached hydrogens (tertiary/aromatic N) is 1. The largest absolute Gasteiger partial charge is 0.494 e. The molecule has 4 nitrogen and oxygen atoms in total. The maximum absolute atomic E-state index is 12.5. The van der Waals surface area contributed by atoms with Crippen molar-refractivity contribution >= 4 is 19.7 Å². The first-order chi connectivity index (χ1) is 7.29. The lowest BCUT2D eigenvalue weighted by Crippen LogP contribution is -2.05. The van der Waals surface area contributed by atoms with Gasteiger partial charge in [0, 0.05) is 16.2 Å². The number of halogens is 3. The van der Waals surface area contributed by atoms with Gasteiger partial charge in [0.2, 0.25) is 0 Å². The summed E-state index contributed by atoms with van der Waals surface area (Å²) < 4.78 is 52.1. The Morgan fingerprint density at radius 2 is 2.06 bits per heavy atom. The summed E-state index contributed by atoms with van der Waals surface area (Å²) in [6.45, 7) is 1.20. The molecule has 0 atom stereocenters. The fourth-order valence-corrected chi connectivity index (χ4v) is 2.68. The molecule has 0 bridgehead atoms. The highest BCUT2D eigenvalue weighted by molar-refractivity contribution is 8.13. The van der Waals surface area contributed by atoms with Crippen LogP contribution in [0.5, 0.6) is 5.75 Å². The minimum absolute atomic E-state index is 0.156. The molecular formula is C8H8ClF2NO3S. The van der Waals surface area contributed by atoms with E-state index in [0.29, 0.717) is 0 Å². The topological polar surface area (TPSA) is 56.3 Å². The number of alkyl halides is 2. The second-order valence-electron chi connectivity index (χ2n) is 2.90. The number of rotatable bonds is 3. The van der Waals surface area contributed by atoms with E-state index in [0.717, 1.165) is 6.20 Å². The average molecular weight is 272 g/mol. The third kappa shape index (κ3) is 2.41. The number of hydrogen-bond acceptors (Lipinski definition) is 4. The van der Waals surface area contributed by atoms with E-state index in [1.165, 1.54) is 14.0 Å². The number of pyridine rings is 1. The van der Waals surface area contributed by atoms with Crippen molar-refractivity contribution in [2.45, 2.75) is 18.2 Å². The number of hydrogen-bond donors (Lipinski definition) is 0. The van der Waals surface area contributed by atoms with Gasteiger partial charge in [0.1, 0.15) is 10.6 Å². The van der Waals surface area contributed by atoms with Crippen molar-refractivity contribution in [2.24, 2.45) is 0 Å². The van der Waals surface area contributed by atoms with E-state index in [2.05, 4.69) is 4.98 Å². The van der Waals surface area contributed by atoms with Gasteiger partial charge in [0.05, 0.1) is 13.3 Å². The maximum Gasteiger partial charge on any atom is 0.280 e. The predicted octanol–water partition coefficient (Wildman–Crippen LogP) is 2.26. The number of aromatic nitrogens is 1. The van der Waals surface area contributed by atoms with Crippen LogP contribution in [0, 0.1) is 6.92 Å². The molecule has 0 aliphatic rings. The minimum atomic E-state index is -4.16. The molecule has 0 aliphatic heterocycles. The average Bonchev–Trinajstić information content (AvgIpc) is 2.14. The summed E-state index contributed by atoms with van der Waals surface area (Å²) in [6.07, 6.45) is -1.97. The van der Waals surface area contributed by atoms with Gasteiger partial charge >= 0.3 is 0 Å². The molecule has 0 amide bonds. The predicted molar refractivity (Wildman–Crippen MR) is 53.5 cm³/mol. The second kappa shape index (κ2) is 4.50. The molecule has 0 unspecified atom stereocenters. The Hall–Kier alpha value is -0.950. The molecule has 0 saturated carbocycles. The first kappa shape index (κ1) is 13.1. The van der Waals surface area contributed by atoms with Crippen molar-refractivity contribution in [3.8, 4) is 5.75 Å². The van der Waals surface area contributed by atoms with Gasteiger partial charge in [-0.15, -0.1) is 0 Å². The SMILES string of the molecule is COc1cnc(C(F)F)c(C)c1S(=O)(=O)Cl. The second-order valence-corrected chi connectivity index (χ2v) is 5.41. The summed E-state index contributed by atoms with van der Waals surface area (Å²) in [5.74, 6) is -0.156. The van der Waals surface area contributed by atoms with E-state index in [1.54, 1.807) is 0 Å². The number of ether oxygens (including phenoxy) is 1. The van der Waals surface area contributed by atoms with Gasteiger partial charge in [-0.25, -0.2) is 17.2 Å². The van der Waals surface area contributed by atoms with Gasteiger partial charge in [0.25, 0.3) is 15.5 Å². The van der Waals surface area contributed by atoms with E-state index in [1.807, 2.05) is 0 Å². The Morgan fingerprint density at radius 3 is 2.44 bits per heavy atom. The fraction of sp³-hybridized carbons (Fsp3) is 0.375. The van der Waals surface area contributed by atoms with Crippen LogP contribution in [-0.2, 0) is 9.05 Å². The first-order valence-corrected chi connectivity index (χ1v) is 6.36. The standard InChI is InChI=1S/C8H8ClF2NO3S/c1-4-6(8(10)11)12-3-5(15-2)7(4)16(9,13)14/h3,8H,1-2H3. The van der Waals surface area contributed by atoms with Crippen LogP contribution in [-0.4, -0.2) is 20.5 Å². The van der Waals surface area contributed by atoms with Gasteiger partial charge in [0.15, 0.2) is 5.75 Å². The van der Waals surface area contributed by atoms with Crippen LogP contribution >= 0.6 is 10.7 Å². The van der Waals surface area contributed by atoms with Crippen molar-refractivity contribution < 1.29 is 21.9 Å². The molecule has 0 fully saturated rings. The van der Waals surface area contributed by atoms with E-state index in [-0.39, 0.29) is 11.3 Å². The molecule has 0 spiro atoms. The molecule has 1 rings (SSSR count). The van der Waals surface area contributed by atoms with E-state index in [9.17, 15) is 17.2 Å². The summed E-state index contributed by atoms with van der Waals surface area (Å²) in [6, 6.07) is 0. The fourth-order valence-electron chi connectivity index (χ4n) is 1.25. The maximum atomic E-state index is 12.5. The highest BCUT2D eigenvalue weighted by Crippen LogP contribution is 2.33. The third-order valence-corrected chi connectivity index (χ3v) is 3.40. The molecule has 1 heterocycles. The summed E-state index contributed by atoms with van der Waals surface area (Å²) in [4.78, 5) is 2.95. The van der Waals surface area contributed by atoms with Crippen LogP contribution in [0.2, 0.25) is 0 Å². The van der Waals surface area contributed by atoms with Crippen LogP contribution < -0.4 is 4.74 Å². The summed E-state index contributed by atoms with van der Waals surface area (Å²) in [5, 5.41) is 0. The molecular weight excluding hydrogens is 264 g/mol. The van der Waals surface area contributed by atoms with Crippen LogP contribution in [0.1, 0.15) is 17.7 Å². The number of methoxy groups -OCH3 is 1. The van der Waals surface area contributed by atoms with Crippen LogP contribution in [0.4, 0.5) is 8.78 Å². The lowest BCUT2D eigenvalue weighted by molar-refractivity contribution is 0.144. The van der Waals surface area contributed by atoms with Crippen LogP contribution in [0.15, 0.2) is 11.1 Å². The van der Waals surface area contributed by atoms with Crippen molar-refractivity contribution in [3.05, 3.63) is 17.5 Å². The Labute approximate surface area is 95.6 Å². The van der Waals surface area contributed by atoms with E-state index >= 15 is 0 Å². The zero-order chi connectivity index (χ0) is 12.5. The normalized spacial score (nSPS) is 11.9. The molecule has 0 aliphatic carbocycles. The Kier molecular flexibility index (Phi) is 3.69. The summed E-state index contributed by atoms with van der Waals surface area (Å²) >= 11 is 0. The van der Waals surface area contributed by atoms with Crippen molar-refractivity contribution in [1.29, 1.82) is 0 Å². The van der Waals surface area contributed by atoms with Gasteiger partial charge in [-0.1, -0.05) is 0 Å². The van der Waals surface area contributed by atoms with Gasteiger partial charge in [-0.3, -0.25) is 4.98 Å². The zero-order valence-electron chi connectivity index (χ0n) is 8.37. The lowest BCUT2D eigenvalue weighted by atomic mass is 10.2. The Bertz CT molecular complexity index is 504. The first-order valence-electron chi connectivity index (χ1n) is 4.05. The van der Waals surface area contributed by atoms with Gasteiger partial charge < -0.3 is 4.74 Å². The van der Waals surface area contributed by atoms with Crippen LogP contribution in [0.25, 0.3) is 0 Å². The summed E-state index contributed by atoms with van der Waals surface area (Å²) in [5.41, 5.74) is -0.829. The Balaban J connectivity index is 3.60. The molecule has 0 saturated heterocycles. The van der Waals surface area contributed by atoms with Crippen molar-refractivity contribution in [2.75, 3.05) is 7.11 Å². The van der Waals surface area contributed by atoms with Crippen molar-refractivity contribution in [3.63, 3.8) is 0 Å². The smallest absolute Gasteiger partial charge is 0.280 e. The molecule has 0 aromatic carbocycles. The third-order valence-electron chi connectivity index (χ3n) is 1.94. The van der Waals surface area contributed by atoms with Crippen molar-refractivity contribution in [1.82, 2.24) is 4.98 Å². The molecule has 1 aromatic heterocycles. The highest BCUT2D eigenvalue weighted by Gasteiger charge is 2.25. The van der Waals surface area contributed by atoms with Crippen LogP contribution in [0.3, 0.4) is 0 Å². The van der Waals surface area contributed by atoms with E-state index < -0.39 is 26.1 Å². The Morgan fingerprint density at radius 1 is 1.50 bits per heavy atom. The monoisotopic (exact) mass is 271 g/mol. The molecule has 16 heavy (non-hydrogen) atoms. The molecule has 1 aromatic rings. The minimum Gasteiger partial charge on any atom is -0.494 e. The van der Waals surface area contributed by atoms with E-state index in [4.69, 9.17) is 15.4 Å². The quantitative estimate of drug-likeness (QED) is 0.792. The molecule has 0 N–H and O–H groups in total. The molecule has 90 valence electrons. The molecule has 8 heteroatoms. The highest BCUT2D eigenvalue weighted by atomic mass is 35.7. The molecule has 0 radical (unpaired) electrons. The zero-order valence-corrected chi connectivity index (χ0v) is 9.94. The van der Waals surface area contributed by atoms with Gasteiger partial charge in [-0.05, 0) is 6.92 Å². The van der Waals surface area contributed by atoms with Gasteiger partial charge in [-0.2, -0.15) is 0 Å².